The van der Waals surface area contributed by atoms with Crippen LogP contribution in [0.1, 0.15) is 10.4 Å². The zero-order valence-corrected chi connectivity index (χ0v) is 18.6. The van der Waals surface area contributed by atoms with Crippen LogP contribution < -0.4 is 19.5 Å². The first-order valence-electron chi connectivity index (χ1n) is 9.89. The Hall–Kier alpha value is -3.15. The fourth-order valence-electron chi connectivity index (χ4n) is 3.38. The quantitative estimate of drug-likeness (QED) is 0.568. The van der Waals surface area contributed by atoms with Gasteiger partial charge < -0.3 is 29.0 Å². The van der Waals surface area contributed by atoms with Gasteiger partial charge in [0.15, 0.2) is 11.5 Å². The molecule has 2 N–H and O–H groups in total. The molecule has 1 heterocycles. The fraction of sp³-hybridized carbons (Fsp3) is 0.333. The molecule has 0 bridgehead atoms. The maximum absolute atomic E-state index is 12.8. The number of rotatable bonds is 8. The number of nitrogens with zero attached hydrogens (tertiary/aromatic N) is 2. The summed E-state index contributed by atoms with van der Waals surface area (Å²) in [6.07, 6.45) is 0. The molecule has 1 atom stereocenters. The van der Waals surface area contributed by atoms with E-state index in [2.05, 4.69) is 10.0 Å². The van der Waals surface area contributed by atoms with Crippen LogP contribution in [0, 0.1) is 0 Å². The van der Waals surface area contributed by atoms with Gasteiger partial charge in [-0.25, -0.2) is 0 Å². The van der Waals surface area contributed by atoms with Crippen molar-refractivity contribution in [2.45, 2.75) is 0 Å². The molecule has 3 rings (SSSR count). The molecule has 2 amide bonds. The predicted molar refractivity (Wildman–Crippen MR) is 120 cm³/mol. The number of carbonyl (C=O) groups is 2. The normalized spacial score (nSPS) is 15.0. The Bertz CT molecular complexity index is 977. The SMILES string of the molecule is COc1ccc(C(=O)N2CCN(CC(=O)Nc3ccc(NS(=O)[O-])cc3)CC2)cc1OC. The van der Waals surface area contributed by atoms with Gasteiger partial charge >= 0.3 is 0 Å². The lowest BCUT2D eigenvalue weighted by Gasteiger charge is -2.34. The van der Waals surface area contributed by atoms with Crippen molar-refractivity contribution in [1.29, 1.82) is 0 Å². The van der Waals surface area contributed by atoms with E-state index >= 15 is 0 Å². The van der Waals surface area contributed by atoms with Gasteiger partial charge in [-0.15, -0.1) is 0 Å². The summed E-state index contributed by atoms with van der Waals surface area (Å²) in [4.78, 5) is 28.9. The molecular weight excluding hydrogens is 436 g/mol. The van der Waals surface area contributed by atoms with E-state index in [0.29, 0.717) is 54.6 Å². The number of amides is 2. The summed E-state index contributed by atoms with van der Waals surface area (Å²) >= 11 is -2.39. The summed E-state index contributed by atoms with van der Waals surface area (Å²) in [6.45, 7) is 2.36. The topological polar surface area (TPSA) is 123 Å². The predicted octanol–water partition coefficient (Wildman–Crippen LogP) is 1.31. The third-order valence-corrected chi connectivity index (χ3v) is 5.43. The van der Waals surface area contributed by atoms with E-state index < -0.39 is 11.3 Å². The Labute approximate surface area is 188 Å². The van der Waals surface area contributed by atoms with Gasteiger partial charge in [-0.1, -0.05) is 0 Å². The highest BCUT2D eigenvalue weighted by Gasteiger charge is 2.24. The molecule has 2 aromatic carbocycles. The maximum atomic E-state index is 12.8. The Balaban J connectivity index is 1.48. The second-order valence-corrected chi connectivity index (χ2v) is 7.77. The van der Waals surface area contributed by atoms with Gasteiger partial charge in [0.05, 0.1) is 20.8 Å². The Kier molecular flexibility index (Phi) is 8.03. The number of hydrogen-bond acceptors (Lipinski definition) is 7. The second-order valence-electron chi connectivity index (χ2n) is 7.10. The second kappa shape index (κ2) is 10.9. The molecule has 1 saturated heterocycles. The molecular formula is C21H25N4O6S-. The smallest absolute Gasteiger partial charge is 0.254 e. The van der Waals surface area contributed by atoms with E-state index in [9.17, 15) is 18.4 Å². The van der Waals surface area contributed by atoms with Crippen molar-refractivity contribution in [3.63, 3.8) is 0 Å². The van der Waals surface area contributed by atoms with E-state index in [1.165, 1.54) is 7.11 Å². The highest BCUT2D eigenvalue weighted by molar-refractivity contribution is 7.80. The minimum Gasteiger partial charge on any atom is -0.755 e. The molecule has 1 fully saturated rings. The Morgan fingerprint density at radius 1 is 0.969 bits per heavy atom. The van der Waals surface area contributed by atoms with Gasteiger partial charge in [-0.3, -0.25) is 18.7 Å². The van der Waals surface area contributed by atoms with Crippen molar-refractivity contribution in [2.75, 3.05) is 57.0 Å². The Morgan fingerprint density at radius 3 is 2.19 bits per heavy atom. The van der Waals surface area contributed by atoms with Crippen molar-refractivity contribution in [3.8, 4) is 11.5 Å². The Morgan fingerprint density at radius 2 is 1.59 bits per heavy atom. The van der Waals surface area contributed by atoms with Gasteiger partial charge in [-0.05, 0) is 42.5 Å². The average Bonchev–Trinajstić information content (AvgIpc) is 2.79. The highest BCUT2D eigenvalue weighted by Crippen LogP contribution is 2.28. The molecule has 32 heavy (non-hydrogen) atoms. The third kappa shape index (κ3) is 6.19. The van der Waals surface area contributed by atoms with Crippen molar-refractivity contribution >= 4 is 34.5 Å². The van der Waals surface area contributed by atoms with E-state index in [1.807, 2.05) is 4.90 Å². The summed E-state index contributed by atoms with van der Waals surface area (Å²) in [5, 5.41) is 2.78. The molecule has 0 saturated carbocycles. The summed E-state index contributed by atoms with van der Waals surface area (Å²) in [6, 6.07) is 11.4. The lowest BCUT2D eigenvalue weighted by molar-refractivity contribution is -0.117. The van der Waals surface area contributed by atoms with Crippen LogP contribution in [-0.4, -0.2) is 77.3 Å². The lowest BCUT2D eigenvalue weighted by Crippen LogP contribution is -2.50. The van der Waals surface area contributed by atoms with Crippen LogP contribution >= 0.6 is 0 Å². The van der Waals surface area contributed by atoms with Crippen LogP contribution in [0.3, 0.4) is 0 Å². The summed E-state index contributed by atoms with van der Waals surface area (Å²) < 4.78 is 34.0. The van der Waals surface area contributed by atoms with Gasteiger partial charge in [0.25, 0.3) is 5.91 Å². The molecule has 2 aromatic rings. The van der Waals surface area contributed by atoms with E-state index in [4.69, 9.17) is 9.47 Å². The minimum atomic E-state index is -2.39. The molecule has 0 aromatic heterocycles. The largest absolute Gasteiger partial charge is 0.755 e. The molecule has 0 aliphatic carbocycles. The van der Waals surface area contributed by atoms with Crippen molar-refractivity contribution in [2.24, 2.45) is 0 Å². The van der Waals surface area contributed by atoms with Gasteiger partial charge in [-0.2, -0.15) is 0 Å². The van der Waals surface area contributed by atoms with E-state index in [0.717, 1.165) is 0 Å². The number of anilines is 2. The number of nitrogens with one attached hydrogen (secondary N) is 2. The number of carbonyl (C=O) groups excluding carboxylic acids is 2. The summed E-state index contributed by atoms with van der Waals surface area (Å²) in [5.74, 6) is 0.783. The number of hydrogen-bond donors (Lipinski definition) is 2. The van der Waals surface area contributed by atoms with Crippen LogP contribution in [0.2, 0.25) is 0 Å². The van der Waals surface area contributed by atoms with Gasteiger partial charge in [0.1, 0.15) is 0 Å². The maximum Gasteiger partial charge on any atom is 0.254 e. The lowest BCUT2D eigenvalue weighted by atomic mass is 10.1. The molecule has 0 spiro atoms. The van der Waals surface area contributed by atoms with Crippen molar-refractivity contribution in [3.05, 3.63) is 48.0 Å². The monoisotopic (exact) mass is 461 g/mol. The third-order valence-electron chi connectivity index (χ3n) is 5.03. The fourth-order valence-corrected chi connectivity index (χ4v) is 3.71. The van der Waals surface area contributed by atoms with E-state index in [1.54, 1.807) is 54.5 Å². The highest BCUT2D eigenvalue weighted by atomic mass is 32.2. The molecule has 1 unspecified atom stereocenters. The zero-order chi connectivity index (χ0) is 23.1. The van der Waals surface area contributed by atoms with Crippen LogP contribution in [-0.2, 0) is 16.1 Å². The molecule has 1 aliphatic rings. The molecule has 0 radical (unpaired) electrons. The first-order chi connectivity index (χ1) is 15.4. The van der Waals surface area contributed by atoms with Gasteiger partial charge in [0, 0.05) is 54.4 Å². The summed E-state index contributed by atoms with van der Waals surface area (Å²) in [7, 11) is 3.06. The van der Waals surface area contributed by atoms with Crippen LogP contribution in [0.25, 0.3) is 0 Å². The van der Waals surface area contributed by atoms with Crippen LogP contribution in [0.4, 0.5) is 11.4 Å². The molecule has 1 aliphatic heterocycles. The molecule has 11 heteroatoms. The van der Waals surface area contributed by atoms with Crippen LogP contribution in [0.5, 0.6) is 11.5 Å². The first kappa shape index (κ1) is 23.5. The molecule has 172 valence electrons. The number of piperazine rings is 1. The van der Waals surface area contributed by atoms with E-state index in [-0.39, 0.29) is 18.4 Å². The van der Waals surface area contributed by atoms with Gasteiger partial charge in [0.2, 0.25) is 5.91 Å². The first-order valence-corrected chi connectivity index (χ1v) is 11.0. The van der Waals surface area contributed by atoms with Crippen LogP contribution in [0.15, 0.2) is 42.5 Å². The van der Waals surface area contributed by atoms with Crippen molar-refractivity contribution in [1.82, 2.24) is 9.80 Å². The number of benzene rings is 2. The van der Waals surface area contributed by atoms with Crippen molar-refractivity contribution < 1.29 is 27.8 Å². The summed E-state index contributed by atoms with van der Waals surface area (Å²) in [5.41, 5.74) is 1.50. The standard InChI is InChI=1S/C21H26N4O6S/c1-30-18-8-3-15(13-19(18)31-2)21(27)25-11-9-24(10-12-25)14-20(26)22-16-4-6-17(7-5-16)23-32(28)29/h3-8,13,23H,9-12,14H2,1-2H3,(H,22,26)(H,28,29)/p-1. The zero-order valence-electron chi connectivity index (χ0n) is 17.8. The minimum absolute atomic E-state index is 0.0947. The number of methoxy groups -OCH3 is 2. The number of ether oxygens (including phenoxy) is 2. The molecule has 10 nitrogen and oxygen atoms in total. The average molecular weight is 462 g/mol.